The first-order valence-corrected chi connectivity index (χ1v) is 6.05. The van der Waals surface area contributed by atoms with Crippen LogP contribution in [-0.2, 0) is 9.53 Å². The van der Waals surface area contributed by atoms with Crippen LogP contribution in [0.15, 0.2) is 0 Å². The topological polar surface area (TPSA) is 49.8 Å². The number of nitrogens with zero attached hydrogens (tertiary/aromatic N) is 1. The van der Waals surface area contributed by atoms with E-state index in [1.165, 1.54) is 19.3 Å². The summed E-state index contributed by atoms with van der Waals surface area (Å²) in [6.07, 6.45) is 3.68. The highest BCUT2D eigenvalue weighted by Crippen LogP contribution is 2.49. The van der Waals surface area contributed by atoms with Crippen LogP contribution in [-0.4, -0.2) is 48.8 Å². The third-order valence-electron chi connectivity index (χ3n) is 4.40. The van der Waals surface area contributed by atoms with Crippen molar-refractivity contribution < 1.29 is 14.6 Å². The molecule has 3 unspecified atom stereocenters. The standard InChI is InChI=1S/C12H21NO3/c1-9(11(14)15)13-6-10-4-3-5-12(10,7-13)8-16-2/h9-10H,3-8H2,1-2H3,(H,14,15). The van der Waals surface area contributed by atoms with Gasteiger partial charge in [0.2, 0.25) is 0 Å². The van der Waals surface area contributed by atoms with Gasteiger partial charge >= 0.3 is 5.97 Å². The summed E-state index contributed by atoms with van der Waals surface area (Å²) in [5, 5.41) is 9.05. The molecule has 0 aromatic rings. The van der Waals surface area contributed by atoms with E-state index in [0.29, 0.717) is 5.92 Å². The molecule has 0 spiro atoms. The number of carboxylic acid groups (broad SMARTS) is 1. The molecule has 4 nitrogen and oxygen atoms in total. The fourth-order valence-electron chi connectivity index (χ4n) is 3.43. The van der Waals surface area contributed by atoms with Crippen molar-refractivity contribution in [2.24, 2.45) is 11.3 Å². The number of likely N-dealkylation sites (tertiary alicyclic amines) is 1. The van der Waals surface area contributed by atoms with Crippen molar-refractivity contribution >= 4 is 5.97 Å². The lowest BCUT2D eigenvalue weighted by Crippen LogP contribution is -2.39. The number of carboxylic acids is 1. The minimum absolute atomic E-state index is 0.235. The van der Waals surface area contributed by atoms with E-state index in [0.717, 1.165) is 19.7 Å². The number of carbonyl (C=O) groups is 1. The lowest BCUT2D eigenvalue weighted by atomic mass is 9.82. The first-order valence-electron chi connectivity index (χ1n) is 6.05. The molecule has 0 aromatic carbocycles. The van der Waals surface area contributed by atoms with E-state index in [4.69, 9.17) is 9.84 Å². The minimum atomic E-state index is -0.715. The predicted molar refractivity (Wildman–Crippen MR) is 60.3 cm³/mol. The molecule has 0 amide bonds. The Bertz CT molecular complexity index is 281. The zero-order valence-electron chi connectivity index (χ0n) is 10.1. The number of hydrogen-bond acceptors (Lipinski definition) is 3. The average Bonchev–Trinajstić information content (AvgIpc) is 2.73. The first kappa shape index (κ1) is 11.9. The molecule has 1 saturated heterocycles. The fraction of sp³-hybridized carbons (Fsp3) is 0.917. The predicted octanol–water partition coefficient (Wildman–Crippen LogP) is 1.21. The monoisotopic (exact) mass is 227 g/mol. The molecule has 0 bridgehead atoms. The average molecular weight is 227 g/mol. The minimum Gasteiger partial charge on any atom is -0.480 e. The second-order valence-corrected chi connectivity index (χ2v) is 5.33. The molecule has 0 radical (unpaired) electrons. The van der Waals surface area contributed by atoms with Crippen molar-refractivity contribution in [1.29, 1.82) is 0 Å². The molecular formula is C12H21NO3. The van der Waals surface area contributed by atoms with Gasteiger partial charge in [0.15, 0.2) is 0 Å². The molecule has 92 valence electrons. The van der Waals surface area contributed by atoms with E-state index in [1.807, 2.05) is 0 Å². The molecule has 3 atom stereocenters. The van der Waals surface area contributed by atoms with Crippen LogP contribution in [0.1, 0.15) is 26.2 Å². The Morgan fingerprint density at radius 1 is 1.69 bits per heavy atom. The summed E-state index contributed by atoms with van der Waals surface area (Å²) in [5.41, 5.74) is 0.235. The maximum absolute atomic E-state index is 11.0. The summed E-state index contributed by atoms with van der Waals surface area (Å²) in [7, 11) is 1.74. The van der Waals surface area contributed by atoms with Crippen molar-refractivity contribution in [3.05, 3.63) is 0 Å². The first-order chi connectivity index (χ1) is 7.59. The summed E-state index contributed by atoms with van der Waals surface area (Å²) in [4.78, 5) is 13.1. The zero-order valence-corrected chi connectivity index (χ0v) is 10.1. The van der Waals surface area contributed by atoms with Crippen molar-refractivity contribution in [1.82, 2.24) is 4.90 Å². The Morgan fingerprint density at radius 2 is 2.44 bits per heavy atom. The highest BCUT2D eigenvalue weighted by atomic mass is 16.5. The Balaban J connectivity index is 2.07. The summed E-state index contributed by atoms with van der Waals surface area (Å²) in [6.45, 7) is 4.38. The molecule has 1 aliphatic carbocycles. The van der Waals surface area contributed by atoms with E-state index in [2.05, 4.69) is 4.90 Å². The zero-order chi connectivity index (χ0) is 11.8. The smallest absolute Gasteiger partial charge is 0.320 e. The summed E-state index contributed by atoms with van der Waals surface area (Å²) < 4.78 is 5.34. The van der Waals surface area contributed by atoms with Gasteiger partial charge in [0, 0.05) is 25.6 Å². The van der Waals surface area contributed by atoms with E-state index < -0.39 is 5.97 Å². The molecule has 2 rings (SSSR count). The van der Waals surface area contributed by atoms with Gasteiger partial charge in [-0.1, -0.05) is 6.42 Å². The second-order valence-electron chi connectivity index (χ2n) is 5.33. The van der Waals surface area contributed by atoms with Crippen LogP contribution in [0.2, 0.25) is 0 Å². The summed E-state index contributed by atoms with van der Waals surface area (Å²) >= 11 is 0. The molecular weight excluding hydrogens is 206 g/mol. The van der Waals surface area contributed by atoms with Crippen LogP contribution in [0.5, 0.6) is 0 Å². The van der Waals surface area contributed by atoms with Crippen molar-refractivity contribution in [2.75, 3.05) is 26.8 Å². The van der Waals surface area contributed by atoms with Crippen molar-refractivity contribution in [3.8, 4) is 0 Å². The SMILES string of the molecule is COCC12CCCC1CN(C(C)C(=O)O)C2. The van der Waals surface area contributed by atoms with E-state index >= 15 is 0 Å². The van der Waals surface area contributed by atoms with Gasteiger partial charge in [0.1, 0.15) is 6.04 Å². The lowest BCUT2D eigenvalue weighted by molar-refractivity contribution is -0.142. The lowest BCUT2D eigenvalue weighted by Gasteiger charge is -2.28. The third kappa shape index (κ3) is 1.84. The van der Waals surface area contributed by atoms with Crippen LogP contribution in [0.25, 0.3) is 0 Å². The largest absolute Gasteiger partial charge is 0.480 e. The molecule has 1 aliphatic heterocycles. The molecule has 4 heteroatoms. The van der Waals surface area contributed by atoms with Crippen LogP contribution in [0, 0.1) is 11.3 Å². The van der Waals surface area contributed by atoms with E-state index in [9.17, 15) is 4.79 Å². The molecule has 1 heterocycles. The van der Waals surface area contributed by atoms with Crippen LogP contribution in [0.4, 0.5) is 0 Å². The van der Waals surface area contributed by atoms with Crippen LogP contribution >= 0.6 is 0 Å². The molecule has 1 N–H and O–H groups in total. The van der Waals surface area contributed by atoms with E-state index in [-0.39, 0.29) is 11.5 Å². The van der Waals surface area contributed by atoms with Crippen molar-refractivity contribution in [2.45, 2.75) is 32.2 Å². The maximum atomic E-state index is 11.0. The highest BCUT2D eigenvalue weighted by molar-refractivity contribution is 5.72. The number of fused-ring (bicyclic) bond motifs is 1. The molecule has 16 heavy (non-hydrogen) atoms. The maximum Gasteiger partial charge on any atom is 0.320 e. The fourth-order valence-corrected chi connectivity index (χ4v) is 3.43. The summed E-state index contributed by atoms with van der Waals surface area (Å²) in [6, 6.07) is -0.362. The van der Waals surface area contributed by atoms with Gasteiger partial charge in [-0.25, -0.2) is 0 Å². The molecule has 1 saturated carbocycles. The third-order valence-corrected chi connectivity index (χ3v) is 4.40. The van der Waals surface area contributed by atoms with Gasteiger partial charge in [0.05, 0.1) is 6.61 Å². The molecule has 2 aliphatic rings. The molecule has 2 fully saturated rings. The number of hydrogen-bond donors (Lipinski definition) is 1. The highest BCUT2D eigenvalue weighted by Gasteiger charge is 2.50. The summed E-state index contributed by atoms with van der Waals surface area (Å²) in [5.74, 6) is -0.0817. The van der Waals surface area contributed by atoms with Gasteiger partial charge in [-0.3, -0.25) is 9.69 Å². The second kappa shape index (κ2) is 4.34. The van der Waals surface area contributed by atoms with Gasteiger partial charge in [-0.05, 0) is 25.7 Å². The Labute approximate surface area is 96.6 Å². The molecule has 0 aromatic heterocycles. The Kier molecular flexibility index (Phi) is 3.22. The van der Waals surface area contributed by atoms with Crippen molar-refractivity contribution in [3.63, 3.8) is 0 Å². The van der Waals surface area contributed by atoms with Crippen LogP contribution in [0.3, 0.4) is 0 Å². The number of rotatable bonds is 4. The quantitative estimate of drug-likeness (QED) is 0.784. The van der Waals surface area contributed by atoms with Gasteiger partial charge in [0.25, 0.3) is 0 Å². The van der Waals surface area contributed by atoms with Gasteiger partial charge in [-0.15, -0.1) is 0 Å². The number of ether oxygens (including phenoxy) is 1. The Hall–Kier alpha value is -0.610. The van der Waals surface area contributed by atoms with Crippen LogP contribution < -0.4 is 0 Å². The number of methoxy groups -OCH3 is 1. The van der Waals surface area contributed by atoms with Gasteiger partial charge in [-0.2, -0.15) is 0 Å². The number of aliphatic carboxylic acids is 1. The normalized spacial score (nSPS) is 36.2. The van der Waals surface area contributed by atoms with Gasteiger partial charge < -0.3 is 9.84 Å². The Morgan fingerprint density at radius 3 is 3.06 bits per heavy atom. The van der Waals surface area contributed by atoms with E-state index in [1.54, 1.807) is 14.0 Å².